The second-order valence-electron chi connectivity index (χ2n) is 4.77. The van der Waals surface area contributed by atoms with Gasteiger partial charge in [-0.15, -0.1) is 0 Å². The molecule has 3 aromatic rings. The molecule has 0 aliphatic heterocycles. The van der Waals surface area contributed by atoms with E-state index in [2.05, 4.69) is 10.1 Å². The van der Waals surface area contributed by atoms with E-state index in [0.717, 1.165) is 5.76 Å². The molecule has 3 aromatic heterocycles. The number of carbonyl (C=O) groups is 1. The molecule has 120 valence electrons. The van der Waals surface area contributed by atoms with Gasteiger partial charge in [0.2, 0.25) is 0 Å². The topological polar surface area (TPSA) is 79.4 Å². The van der Waals surface area contributed by atoms with E-state index in [1.54, 1.807) is 24.1 Å². The molecule has 0 spiro atoms. The quantitative estimate of drug-likeness (QED) is 0.651. The third-order valence-electron chi connectivity index (χ3n) is 3.29. The minimum Gasteiger partial charge on any atom is -0.492 e. The van der Waals surface area contributed by atoms with Gasteiger partial charge in [0.25, 0.3) is 0 Å². The molecule has 0 radical (unpaired) electrons. The number of rotatable bonds is 6. The lowest BCUT2D eigenvalue weighted by Gasteiger charge is -2.10. The van der Waals surface area contributed by atoms with Crippen molar-refractivity contribution in [3.8, 4) is 5.75 Å². The predicted octanol–water partition coefficient (Wildman–Crippen LogP) is 2.65. The van der Waals surface area contributed by atoms with Gasteiger partial charge in [-0.3, -0.25) is 0 Å². The van der Waals surface area contributed by atoms with Crippen LogP contribution in [0.25, 0.3) is 11.0 Å². The van der Waals surface area contributed by atoms with Crippen LogP contribution in [-0.4, -0.2) is 33.9 Å². The van der Waals surface area contributed by atoms with Crippen LogP contribution in [0.4, 0.5) is 0 Å². The van der Waals surface area contributed by atoms with Crippen LogP contribution in [0.15, 0.2) is 35.2 Å². The Bertz CT molecular complexity index is 808. The minimum absolute atomic E-state index is 0.292. The molecule has 0 saturated heterocycles. The Morgan fingerprint density at radius 3 is 2.87 bits per heavy atom. The maximum atomic E-state index is 12.1. The van der Waals surface area contributed by atoms with Gasteiger partial charge in [-0.1, -0.05) is 0 Å². The lowest BCUT2D eigenvalue weighted by Crippen LogP contribution is -2.09. The number of carbonyl (C=O) groups excluding carboxylic acids is 1. The molecule has 0 aliphatic carbocycles. The average Bonchev–Trinajstić information content (AvgIpc) is 3.19. The van der Waals surface area contributed by atoms with Crippen molar-refractivity contribution in [1.29, 1.82) is 0 Å². The van der Waals surface area contributed by atoms with E-state index >= 15 is 0 Å². The van der Waals surface area contributed by atoms with Crippen LogP contribution in [0, 0.1) is 0 Å². The molecule has 0 saturated carbocycles. The summed E-state index contributed by atoms with van der Waals surface area (Å²) in [6, 6.07) is 3.68. The highest BCUT2D eigenvalue weighted by Gasteiger charge is 2.20. The Labute approximate surface area is 132 Å². The molecule has 0 aliphatic rings. The van der Waals surface area contributed by atoms with Crippen molar-refractivity contribution in [1.82, 2.24) is 14.8 Å². The second-order valence-corrected chi connectivity index (χ2v) is 4.77. The SMILES string of the molecule is CCOC(=O)c1cnc2c(cnn2Cc2ccco2)c1OCC. The first kappa shape index (κ1) is 15.1. The summed E-state index contributed by atoms with van der Waals surface area (Å²) in [5, 5.41) is 4.99. The van der Waals surface area contributed by atoms with Crippen molar-refractivity contribution >= 4 is 17.0 Å². The third-order valence-corrected chi connectivity index (χ3v) is 3.29. The monoisotopic (exact) mass is 315 g/mol. The Balaban J connectivity index is 2.05. The number of ether oxygens (including phenoxy) is 2. The molecule has 7 heteroatoms. The normalized spacial score (nSPS) is 10.9. The zero-order chi connectivity index (χ0) is 16.2. The zero-order valence-corrected chi connectivity index (χ0v) is 13.0. The molecule has 0 bridgehead atoms. The van der Waals surface area contributed by atoms with Crippen LogP contribution in [-0.2, 0) is 11.3 Å². The number of hydrogen-bond acceptors (Lipinski definition) is 6. The predicted molar refractivity (Wildman–Crippen MR) is 82.5 cm³/mol. The van der Waals surface area contributed by atoms with Crippen LogP contribution in [0.5, 0.6) is 5.75 Å². The number of furan rings is 1. The van der Waals surface area contributed by atoms with E-state index < -0.39 is 5.97 Å². The van der Waals surface area contributed by atoms with Crippen LogP contribution in [0.2, 0.25) is 0 Å². The molecule has 0 N–H and O–H groups in total. The Morgan fingerprint density at radius 1 is 1.30 bits per heavy atom. The molecular weight excluding hydrogens is 298 g/mol. The number of pyridine rings is 1. The molecule has 3 heterocycles. The molecular formula is C16H17N3O4. The summed E-state index contributed by atoms with van der Waals surface area (Å²) in [5.74, 6) is 0.759. The van der Waals surface area contributed by atoms with Gasteiger partial charge >= 0.3 is 5.97 Å². The van der Waals surface area contributed by atoms with Crippen LogP contribution in [0.1, 0.15) is 30.0 Å². The molecule has 3 rings (SSSR count). The standard InChI is InChI=1S/C16H17N3O4/c1-3-21-14-12-9-18-19(10-11-6-5-7-23-11)15(12)17-8-13(14)16(20)22-4-2/h5-9H,3-4,10H2,1-2H3. The molecule has 23 heavy (non-hydrogen) atoms. The Kier molecular flexibility index (Phi) is 4.27. The average molecular weight is 315 g/mol. The van der Waals surface area contributed by atoms with Gasteiger partial charge < -0.3 is 13.9 Å². The molecule has 7 nitrogen and oxygen atoms in total. The Morgan fingerprint density at radius 2 is 2.17 bits per heavy atom. The Hall–Kier alpha value is -2.83. The second kappa shape index (κ2) is 6.51. The first-order chi connectivity index (χ1) is 11.2. The highest BCUT2D eigenvalue weighted by molar-refractivity contribution is 5.98. The summed E-state index contributed by atoms with van der Waals surface area (Å²) >= 11 is 0. The summed E-state index contributed by atoms with van der Waals surface area (Å²) in [5.41, 5.74) is 0.927. The van der Waals surface area contributed by atoms with E-state index in [1.807, 2.05) is 19.1 Å². The maximum absolute atomic E-state index is 12.1. The van der Waals surface area contributed by atoms with Crippen molar-refractivity contribution in [2.24, 2.45) is 0 Å². The summed E-state index contributed by atoms with van der Waals surface area (Å²) in [6.07, 6.45) is 4.71. The number of hydrogen-bond donors (Lipinski definition) is 0. The number of nitrogens with zero attached hydrogens (tertiary/aromatic N) is 3. The van der Waals surface area contributed by atoms with Crippen LogP contribution < -0.4 is 4.74 Å². The highest BCUT2D eigenvalue weighted by atomic mass is 16.5. The van der Waals surface area contributed by atoms with Crippen LogP contribution >= 0.6 is 0 Å². The molecule has 0 atom stereocenters. The van der Waals surface area contributed by atoms with E-state index in [1.165, 1.54) is 6.20 Å². The lowest BCUT2D eigenvalue weighted by molar-refractivity contribution is 0.0522. The lowest BCUT2D eigenvalue weighted by atomic mass is 10.2. The fraction of sp³-hybridized carbons (Fsp3) is 0.312. The van der Waals surface area contributed by atoms with E-state index in [4.69, 9.17) is 13.9 Å². The van der Waals surface area contributed by atoms with Gasteiger partial charge in [-0.05, 0) is 26.0 Å². The van der Waals surface area contributed by atoms with Crippen molar-refractivity contribution in [3.63, 3.8) is 0 Å². The summed E-state index contributed by atoms with van der Waals surface area (Å²) in [7, 11) is 0. The maximum Gasteiger partial charge on any atom is 0.343 e. The number of fused-ring (bicyclic) bond motifs is 1. The molecule has 0 fully saturated rings. The summed E-state index contributed by atoms with van der Waals surface area (Å²) < 4.78 is 17.7. The van der Waals surface area contributed by atoms with Gasteiger partial charge in [0.15, 0.2) is 5.65 Å². The molecule has 0 unspecified atom stereocenters. The van der Waals surface area contributed by atoms with Crippen molar-refractivity contribution < 1.29 is 18.7 Å². The van der Waals surface area contributed by atoms with Crippen LogP contribution in [0.3, 0.4) is 0 Å². The fourth-order valence-electron chi connectivity index (χ4n) is 2.32. The first-order valence-electron chi connectivity index (χ1n) is 7.41. The van der Waals surface area contributed by atoms with Crippen molar-refractivity contribution in [2.75, 3.05) is 13.2 Å². The van der Waals surface area contributed by atoms with Gasteiger partial charge in [0, 0.05) is 6.20 Å². The summed E-state index contributed by atoms with van der Waals surface area (Å²) in [6.45, 7) is 4.78. The van der Waals surface area contributed by atoms with E-state index in [0.29, 0.717) is 42.1 Å². The van der Waals surface area contributed by atoms with Crippen molar-refractivity contribution in [3.05, 3.63) is 42.1 Å². The summed E-state index contributed by atoms with van der Waals surface area (Å²) in [4.78, 5) is 16.4. The minimum atomic E-state index is -0.455. The largest absolute Gasteiger partial charge is 0.492 e. The van der Waals surface area contributed by atoms with Gasteiger partial charge in [0.05, 0.1) is 31.1 Å². The van der Waals surface area contributed by atoms with Crippen molar-refractivity contribution in [2.45, 2.75) is 20.4 Å². The highest BCUT2D eigenvalue weighted by Crippen LogP contribution is 2.29. The van der Waals surface area contributed by atoms with Gasteiger partial charge in [-0.2, -0.15) is 5.10 Å². The zero-order valence-electron chi connectivity index (χ0n) is 13.0. The number of esters is 1. The van der Waals surface area contributed by atoms with Gasteiger partial charge in [0.1, 0.15) is 23.6 Å². The molecule has 0 amide bonds. The number of aromatic nitrogens is 3. The van der Waals surface area contributed by atoms with E-state index in [9.17, 15) is 4.79 Å². The first-order valence-corrected chi connectivity index (χ1v) is 7.41. The van der Waals surface area contributed by atoms with E-state index in [-0.39, 0.29) is 0 Å². The fourth-order valence-corrected chi connectivity index (χ4v) is 2.32. The molecule has 0 aromatic carbocycles. The van der Waals surface area contributed by atoms with Gasteiger partial charge in [-0.25, -0.2) is 14.5 Å². The smallest absolute Gasteiger partial charge is 0.343 e. The third kappa shape index (κ3) is 2.90.